The van der Waals surface area contributed by atoms with Gasteiger partial charge in [0.15, 0.2) is 0 Å². The van der Waals surface area contributed by atoms with E-state index in [2.05, 4.69) is 86.3 Å². The molecular formula is C22H21OSi. The molecule has 0 heterocycles. The van der Waals surface area contributed by atoms with E-state index in [-0.39, 0.29) is 6.10 Å². The normalized spacial score (nSPS) is 12.1. The molecule has 1 nitrogen and oxygen atoms in total. The Balaban J connectivity index is 1.90. The van der Waals surface area contributed by atoms with Crippen LogP contribution in [0.15, 0.2) is 91.5 Å². The second kappa shape index (κ2) is 7.91. The molecule has 0 spiro atoms. The van der Waals surface area contributed by atoms with Crippen molar-refractivity contribution in [1.29, 1.82) is 0 Å². The predicted octanol–water partition coefficient (Wildman–Crippen LogP) is 4.21. The van der Waals surface area contributed by atoms with Crippen molar-refractivity contribution in [3.63, 3.8) is 0 Å². The van der Waals surface area contributed by atoms with Crippen LogP contribution in [0.5, 0.6) is 0 Å². The highest BCUT2D eigenvalue weighted by Gasteiger charge is 2.22. The molecule has 3 rings (SSSR count). The van der Waals surface area contributed by atoms with Crippen LogP contribution in [0.4, 0.5) is 0 Å². The molecule has 1 radical (unpaired) electrons. The standard InChI is InChI=1S/C22H21OSi/c1-3-19-11-10-12-20(17-19)18(2)23-24(21-13-6-4-7-14-21)22-15-8-5-9-16-22/h3-18H,1H2,2H3. The average molecular weight is 329 g/mol. The van der Waals surface area contributed by atoms with Gasteiger partial charge in [-0.3, -0.25) is 0 Å². The summed E-state index contributed by atoms with van der Waals surface area (Å²) in [5.74, 6) is 0. The van der Waals surface area contributed by atoms with Crippen LogP contribution >= 0.6 is 0 Å². The van der Waals surface area contributed by atoms with Crippen molar-refractivity contribution in [2.75, 3.05) is 0 Å². The second-order valence-corrected chi connectivity index (χ2v) is 7.74. The quantitative estimate of drug-likeness (QED) is 0.616. The first-order valence-corrected chi connectivity index (χ1v) is 9.55. The van der Waals surface area contributed by atoms with Gasteiger partial charge in [0.2, 0.25) is 0 Å². The summed E-state index contributed by atoms with van der Waals surface area (Å²) in [5.41, 5.74) is 2.30. The maximum Gasteiger partial charge on any atom is 0.283 e. The average Bonchev–Trinajstić information content (AvgIpc) is 2.67. The second-order valence-electron chi connectivity index (χ2n) is 5.70. The lowest BCUT2D eigenvalue weighted by Crippen LogP contribution is -2.45. The summed E-state index contributed by atoms with van der Waals surface area (Å²) in [4.78, 5) is 0. The highest BCUT2D eigenvalue weighted by Crippen LogP contribution is 2.19. The Labute approximate surface area is 146 Å². The van der Waals surface area contributed by atoms with Crippen LogP contribution in [0.3, 0.4) is 0 Å². The van der Waals surface area contributed by atoms with E-state index in [0.717, 1.165) is 5.56 Å². The zero-order valence-corrected chi connectivity index (χ0v) is 14.9. The van der Waals surface area contributed by atoms with E-state index in [9.17, 15) is 0 Å². The van der Waals surface area contributed by atoms with Gasteiger partial charge in [-0.1, -0.05) is 91.5 Å². The van der Waals surface area contributed by atoms with Crippen LogP contribution in [-0.2, 0) is 4.43 Å². The maximum atomic E-state index is 6.58. The lowest BCUT2D eigenvalue weighted by Gasteiger charge is -2.22. The molecule has 3 aromatic carbocycles. The fourth-order valence-corrected chi connectivity index (χ4v) is 4.75. The van der Waals surface area contributed by atoms with E-state index in [0.29, 0.717) is 0 Å². The Morgan fingerprint density at radius 3 is 1.96 bits per heavy atom. The van der Waals surface area contributed by atoms with Gasteiger partial charge >= 0.3 is 0 Å². The SMILES string of the molecule is C=Cc1cccc(C(C)O[Si](c2ccccc2)c2ccccc2)c1. The van der Waals surface area contributed by atoms with Crippen molar-refractivity contribution in [2.24, 2.45) is 0 Å². The summed E-state index contributed by atoms with van der Waals surface area (Å²) in [5, 5.41) is 2.53. The van der Waals surface area contributed by atoms with E-state index < -0.39 is 9.04 Å². The van der Waals surface area contributed by atoms with Crippen molar-refractivity contribution in [1.82, 2.24) is 0 Å². The summed E-state index contributed by atoms with van der Waals surface area (Å²) < 4.78 is 6.58. The van der Waals surface area contributed by atoms with Gasteiger partial charge in [0.05, 0.1) is 6.10 Å². The summed E-state index contributed by atoms with van der Waals surface area (Å²) in [6.07, 6.45) is 1.90. The van der Waals surface area contributed by atoms with Crippen molar-refractivity contribution in [3.8, 4) is 0 Å². The molecule has 0 bridgehead atoms. The Morgan fingerprint density at radius 2 is 1.42 bits per heavy atom. The van der Waals surface area contributed by atoms with Crippen LogP contribution in [0.1, 0.15) is 24.2 Å². The van der Waals surface area contributed by atoms with Gasteiger partial charge in [-0.2, -0.15) is 0 Å². The van der Waals surface area contributed by atoms with Gasteiger partial charge in [-0.05, 0) is 34.5 Å². The third-order valence-corrected chi connectivity index (χ3v) is 6.29. The van der Waals surface area contributed by atoms with Crippen LogP contribution in [0.2, 0.25) is 0 Å². The molecule has 0 saturated carbocycles. The lowest BCUT2D eigenvalue weighted by molar-refractivity contribution is 0.237. The van der Waals surface area contributed by atoms with Gasteiger partial charge in [-0.15, -0.1) is 0 Å². The molecule has 2 heteroatoms. The highest BCUT2D eigenvalue weighted by molar-refractivity contribution is 6.80. The van der Waals surface area contributed by atoms with Crippen LogP contribution in [0.25, 0.3) is 6.08 Å². The van der Waals surface area contributed by atoms with Crippen LogP contribution in [-0.4, -0.2) is 9.04 Å². The van der Waals surface area contributed by atoms with Crippen LogP contribution < -0.4 is 10.4 Å². The van der Waals surface area contributed by atoms with E-state index in [4.69, 9.17) is 4.43 Å². The molecule has 0 amide bonds. The largest absolute Gasteiger partial charge is 0.400 e. The molecule has 1 atom stereocenters. The third kappa shape index (κ3) is 3.91. The molecular weight excluding hydrogens is 308 g/mol. The van der Waals surface area contributed by atoms with E-state index >= 15 is 0 Å². The molecule has 119 valence electrons. The zero-order chi connectivity index (χ0) is 16.8. The number of hydrogen-bond acceptors (Lipinski definition) is 1. The molecule has 1 unspecified atom stereocenters. The maximum absolute atomic E-state index is 6.58. The molecule has 24 heavy (non-hydrogen) atoms. The molecule has 0 aliphatic carbocycles. The predicted molar refractivity (Wildman–Crippen MR) is 104 cm³/mol. The summed E-state index contributed by atoms with van der Waals surface area (Å²) in [6, 6.07) is 29.4. The number of hydrogen-bond donors (Lipinski definition) is 0. The lowest BCUT2D eigenvalue weighted by atomic mass is 10.1. The van der Waals surface area contributed by atoms with Crippen LogP contribution in [0, 0.1) is 0 Å². The van der Waals surface area contributed by atoms with E-state index in [1.807, 2.05) is 18.2 Å². The minimum atomic E-state index is -1.29. The molecule has 3 aromatic rings. The minimum absolute atomic E-state index is 0.0270. The first kappa shape index (κ1) is 16.4. The third-order valence-electron chi connectivity index (χ3n) is 3.98. The van der Waals surface area contributed by atoms with Crippen molar-refractivity contribution in [3.05, 3.63) is 103 Å². The van der Waals surface area contributed by atoms with Gasteiger partial charge in [0.25, 0.3) is 9.04 Å². The van der Waals surface area contributed by atoms with Crippen molar-refractivity contribution >= 4 is 25.5 Å². The van der Waals surface area contributed by atoms with E-state index in [1.165, 1.54) is 15.9 Å². The monoisotopic (exact) mass is 329 g/mol. The van der Waals surface area contributed by atoms with Crippen molar-refractivity contribution < 1.29 is 4.43 Å². The zero-order valence-electron chi connectivity index (χ0n) is 13.9. The van der Waals surface area contributed by atoms with Gasteiger partial charge < -0.3 is 4.43 Å². The fraction of sp³-hybridized carbons (Fsp3) is 0.0909. The molecule has 0 aliphatic rings. The molecule has 0 aliphatic heterocycles. The van der Waals surface area contributed by atoms with Crippen molar-refractivity contribution in [2.45, 2.75) is 13.0 Å². The number of benzene rings is 3. The molecule has 0 saturated heterocycles. The Kier molecular flexibility index (Phi) is 5.42. The highest BCUT2D eigenvalue weighted by atomic mass is 28.3. The van der Waals surface area contributed by atoms with Gasteiger partial charge in [-0.25, -0.2) is 0 Å². The summed E-state index contributed by atoms with van der Waals surface area (Å²) >= 11 is 0. The first-order chi connectivity index (χ1) is 11.8. The Morgan fingerprint density at radius 1 is 0.833 bits per heavy atom. The fourth-order valence-electron chi connectivity index (χ4n) is 2.67. The topological polar surface area (TPSA) is 9.23 Å². The Hall–Kier alpha value is -2.42. The number of rotatable bonds is 6. The van der Waals surface area contributed by atoms with E-state index in [1.54, 1.807) is 0 Å². The molecule has 0 aromatic heterocycles. The first-order valence-electron chi connectivity index (χ1n) is 8.15. The smallest absolute Gasteiger partial charge is 0.283 e. The Bertz CT molecular complexity index is 744. The summed E-state index contributed by atoms with van der Waals surface area (Å²) in [6.45, 7) is 5.98. The van der Waals surface area contributed by atoms with Gasteiger partial charge in [0.1, 0.15) is 0 Å². The minimum Gasteiger partial charge on any atom is -0.400 e. The summed E-state index contributed by atoms with van der Waals surface area (Å²) in [7, 11) is -1.29. The molecule has 0 N–H and O–H groups in total. The van der Waals surface area contributed by atoms with Gasteiger partial charge in [0, 0.05) is 0 Å². The molecule has 0 fully saturated rings.